The molecular formula is C11H11BrFNO3. The van der Waals surface area contributed by atoms with Crippen LogP contribution in [-0.2, 0) is 9.53 Å². The Morgan fingerprint density at radius 3 is 2.65 bits per heavy atom. The standard InChI is InChI=1S/C11H11BrFNO3/c1-14(6-9(15)17-2)11(16)10-7(12)4-3-5-8(10)13/h3-5H,6H2,1-2H3. The summed E-state index contributed by atoms with van der Waals surface area (Å²) in [5, 5.41) is 0. The van der Waals surface area contributed by atoms with Crippen LogP contribution in [-0.4, -0.2) is 37.5 Å². The number of ether oxygens (including phenoxy) is 1. The van der Waals surface area contributed by atoms with E-state index in [-0.39, 0.29) is 12.1 Å². The van der Waals surface area contributed by atoms with Crippen LogP contribution >= 0.6 is 15.9 Å². The van der Waals surface area contributed by atoms with Crippen molar-refractivity contribution in [3.8, 4) is 0 Å². The summed E-state index contributed by atoms with van der Waals surface area (Å²) < 4.78 is 18.3. The molecule has 6 heteroatoms. The molecule has 0 unspecified atom stereocenters. The maximum absolute atomic E-state index is 13.5. The van der Waals surface area contributed by atoms with Gasteiger partial charge in [-0.1, -0.05) is 6.07 Å². The Kier molecular flexibility index (Phi) is 4.62. The third-order valence-electron chi connectivity index (χ3n) is 2.12. The zero-order valence-electron chi connectivity index (χ0n) is 9.37. The van der Waals surface area contributed by atoms with Crippen LogP contribution in [0.3, 0.4) is 0 Å². The number of nitrogens with zero attached hydrogens (tertiary/aromatic N) is 1. The Morgan fingerprint density at radius 1 is 1.47 bits per heavy atom. The summed E-state index contributed by atoms with van der Waals surface area (Å²) in [4.78, 5) is 24.0. The molecule has 0 saturated heterocycles. The van der Waals surface area contributed by atoms with Crippen LogP contribution in [0.1, 0.15) is 10.4 Å². The molecule has 0 radical (unpaired) electrons. The van der Waals surface area contributed by atoms with Gasteiger partial charge in [-0.15, -0.1) is 0 Å². The lowest BCUT2D eigenvalue weighted by molar-refractivity contribution is -0.141. The molecule has 0 saturated carbocycles. The zero-order valence-corrected chi connectivity index (χ0v) is 11.0. The van der Waals surface area contributed by atoms with Crippen molar-refractivity contribution in [2.24, 2.45) is 0 Å². The lowest BCUT2D eigenvalue weighted by atomic mass is 10.2. The monoisotopic (exact) mass is 303 g/mol. The van der Waals surface area contributed by atoms with E-state index < -0.39 is 17.7 Å². The molecule has 4 nitrogen and oxygen atoms in total. The number of carbonyl (C=O) groups excluding carboxylic acids is 2. The topological polar surface area (TPSA) is 46.6 Å². The first kappa shape index (κ1) is 13.6. The molecule has 0 spiro atoms. The van der Waals surface area contributed by atoms with E-state index in [4.69, 9.17) is 0 Å². The molecule has 0 fully saturated rings. The number of hydrogen-bond donors (Lipinski definition) is 0. The molecule has 1 amide bonds. The van der Waals surface area contributed by atoms with Gasteiger partial charge in [0.25, 0.3) is 5.91 Å². The van der Waals surface area contributed by atoms with Crippen LogP contribution in [0.15, 0.2) is 22.7 Å². The SMILES string of the molecule is COC(=O)CN(C)C(=O)c1c(F)cccc1Br. The Balaban J connectivity index is 2.93. The van der Waals surface area contributed by atoms with Crippen LogP contribution in [0.2, 0.25) is 0 Å². The van der Waals surface area contributed by atoms with E-state index in [0.29, 0.717) is 4.47 Å². The third kappa shape index (κ3) is 3.26. The van der Waals surface area contributed by atoms with Gasteiger partial charge >= 0.3 is 5.97 Å². The van der Waals surface area contributed by atoms with Crippen molar-refractivity contribution in [3.05, 3.63) is 34.1 Å². The van der Waals surface area contributed by atoms with Gasteiger partial charge in [0.05, 0.1) is 12.7 Å². The highest BCUT2D eigenvalue weighted by atomic mass is 79.9. The molecule has 0 aromatic heterocycles. The van der Waals surface area contributed by atoms with Gasteiger partial charge in [0, 0.05) is 11.5 Å². The van der Waals surface area contributed by atoms with Crippen molar-refractivity contribution in [1.82, 2.24) is 4.90 Å². The highest BCUT2D eigenvalue weighted by Gasteiger charge is 2.20. The lowest BCUT2D eigenvalue weighted by Crippen LogP contribution is -2.33. The van der Waals surface area contributed by atoms with Gasteiger partial charge in [0.1, 0.15) is 12.4 Å². The third-order valence-corrected chi connectivity index (χ3v) is 2.78. The summed E-state index contributed by atoms with van der Waals surface area (Å²) in [7, 11) is 2.62. The number of carbonyl (C=O) groups is 2. The molecule has 92 valence electrons. The van der Waals surface area contributed by atoms with E-state index in [0.717, 1.165) is 4.90 Å². The Labute approximate surface area is 106 Å². The summed E-state index contributed by atoms with van der Waals surface area (Å²) in [5.74, 6) is -1.78. The second-order valence-corrected chi connectivity index (χ2v) is 4.19. The fraction of sp³-hybridized carbons (Fsp3) is 0.273. The second-order valence-electron chi connectivity index (χ2n) is 3.33. The van der Waals surface area contributed by atoms with Gasteiger partial charge < -0.3 is 9.64 Å². The van der Waals surface area contributed by atoms with Crippen molar-refractivity contribution in [2.75, 3.05) is 20.7 Å². The highest BCUT2D eigenvalue weighted by Crippen LogP contribution is 2.20. The molecule has 0 aliphatic carbocycles. The van der Waals surface area contributed by atoms with Crippen LogP contribution < -0.4 is 0 Å². The molecular weight excluding hydrogens is 293 g/mol. The van der Waals surface area contributed by atoms with Crippen molar-refractivity contribution in [2.45, 2.75) is 0 Å². The average Bonchev–Trinajstić information content (AvgIpc) is 2.28. The number of benzene rings is 1. The molecule has 1 aromatic rings. The molecule has 0 aliphatic heterocycles. The number of likely N-dealkylation sites (N-methyl/N-ethyl adjacent to an activating group) is 1. The van der Waals surface area contributed by atoms with E-state index in [2.05, 4.69) is 20.7 Å². The van der Waals surface area contributed by atoms with Gasteiger partial charge in [-0.3, -0.25) is 9.59 Å². The minimum absolute atomic E-state index is 0.0982. The number of methoxy groups -OCH3 is 1. The van der Waals surface area contributed by atoms with Gasteiger partial charge in [-0.05, 0) is 28.1 Å². The van der Waals surface area contributed by atoms with E-state index in [1.807, 2.05) is 0 Å². The number of amides is 1. The summed E-state index contributed by atoms with van der Waals surface area (Å²) in [6, 6.07) is 4.22. The molecule has 17 heavy (non-hydrogen) atoms. The van der Waals surface area contributed by atoms with Crippen molar-refractivity contribution < 1.29 is 18.7 Å². The van der Waals surface area contributed by atoms with Crippen molar-refractivity contribution in [1.29, 1.82) is 0 Å². The quantitative estimate of drug-likeness (QED) is 0.801. The van der Waals surface area contributed by atoms with Gasteiger partial charge in [-0.25, -0.2) is 4.39 Å². The summed E-state index contributed by atoms with van der Waals surface area (Å²) >= 11 is 3.10. The average molecular weight is 304 g/mol. The van der Waals surface area contributed by atoms with Crippen molar-refractivity contribution >= 4 is 27.8 Å². The Bertz CT molecular complexity index is 430. The smallest absolute Gasteiger partial charge is 0.325 e. The van der Waals surface area contributed by atoms with E-state index in [1.54, 1.807) is 6.07 Å². The van der Waals surface area contributed by atoms with Crippen LogP contribution in [0.25, 0.3) is 0 Å². The van der Waals surface area contributed by atoms with Crippen LogP contribution in [0, 0.1) is 5.82 Å². The second kappa shape index (κ2) is 5.77. The van der Waals surface area contributed by atoms with Crippen LogP contribution in [0.5, 0.6) is 0 Å². The Morgan fingerprint density at radius 2 is 2.12 bits per heavy atom. The van der Waals surface area contributed by atoms with Gasteiger partial charge in [0.15, 0.2) is 0 Å². The van der Waals surface area contributed by atoms with E-state index in [1.165, 1.54) is 26.3 Å². The molecule has 0 atom stereocenters. The number of halogens is 2. The summed E-state index contributed by atoms with van der Waals surface area (Å²) in [5.41, 5.74) is -0.0982. The Hall–Kier alpha value is -1.43. The summed E-state index contributed by atoms with van der Waals surface area (Å²) in [6.45, 7) is -0.226. The predicted molar refractivity (Wildman–Crippen MR) is 63.1 cm³/mol. The molecule has 0 N–H and O–H groups in total. The first-order chi connectivity index (χ1) is 7.97. The molecule has 1 rings (SSSR count). The maximum atomic E-state index is 13.5. The van der Waals surface area contributed by atoms with E-state index >= 15 is 0 Å². The molecule has 0 aliphatic rings. The molecule has 0 heterocycles. The number of esters is 1. The zero-order chi connectivity index (χ0) is 13.0. The van der Waals surface area contributed by atoms with Gasteiger partial charge in [0.2, 0.25) is 0 Å². The fourth-order valence-electron chi connectivity index (χ4n) is 1.22. The molecule has 0 bridgehead atoms. The summed E-state index contributed by atoms with van der Waals surface area (Å²) in [6.07, 6.45) is 0. The number of rotatable bonds is 3. The lowest BCUT2D eigenvalue weighted by Gasteiger charge is -2.16. The highest BCUT2D eigenvalue weighted by molar-refractivity contribution is 9.10. The fourth-order valence-corrected chi connectivity index (χ4v) is 1.73. The maximum Gasteiger partial charge on any atom is 0.325 e. The first-order valence-electron chi connectivity index (χ1n) is 4.73. The molecule has 1 aromatic carbocycles. The minimum Gasteiger partial charge on any atom is -0.468 e. The minimum atomic E-state index is -0.638. The van der Waals surface area contributed by atoms with Gasteiger partial charge in [-0.2, -0.15) is 0 Å². The first-order valence-corrected chi connectivity index (χ1v) is 5.53. The predicted octanol–water partition coefficient (Wildman–Crippen LogP) is 1.83. The van der Waals surface area contributed by atoms with Crippen molar-refractivity contribution in [3.63, 3.8) is 0 Å². The van der Waals surface area contributed by atoms with Crippen LogP contribution in [0.4, 0.5) is 4.39 Å². The van der Waals surface area contributed by atoms with E-state index in [9.17, 15) is 14.0 Å². The largest absolute Gasteiger partial charge is 0.468 e. The number of hydrogen-bond acceptors (Lipinski definition) is 3. The normalized spacial score (nSPS) is 9.88.